The number of anilines is 1. The minimum Gasteiger partial charge on any atom is -0.481 e. The van der Waals surface area contributed by atoms with Gasteiger partial charge in [0, 0.05) is 29.0 Å². The molecule has 1 heterocycles. The summed E-state index contributed by atoms with van der Waals surface area (Å²) < 4.78 is 22.5. The third-order valence-electron chi connectivity index (χ3n) is 5.12. The third kappa shape index (κ3) is 10.5. The number of carbonyl (C=O) groups is 5. The first kappa shape index (κ1) is 32.6. The number of carboxylic acids is 3. The molecule has 0 aliphatic rings. The number of benzene rings is 1. The Kier molecular flexibility index (Phi) is 11.7. The van der Waals surface area contributed by atoms with Crippen molar-refractivity contribution in [1.29, 1.82) is 5.41 Å². The summed E-state index contributed by atoms with van der Waals surface area (Å²) in [5.41, 5.74) is 6.48. The average Bonchev–Trinajstić information content (AvgIpc) is 3.30. The molecule has 0 spiro atoms. The van der Waals surface area contributed by atoms with E-state index in [4.69, 9.17) is 21.4 Å². The normalized spacial score (nSPS) is 13.1. The van der Waals surface area contributed by atoms with Crippen molar-refractivity contribution >= 4 is 52.6 Å². The standard InChI is InChI=1S/C21H24N4O6S.C3H4F2O2/c1-10(18(26)25-16(21(30)31)11(2)20(28)29)9-14-7-8-15(32-14)19(27)24-13-5-3-12(4-6-13)17(22)23;1-3(4,5)2(6)7/h3-8,10-11,16H,9H2,1-2H3,(H3,22,23)(H,24,27)(H,25,26)(H,28,29)(H,30,31);1H3,(H,6,7). The number of hydrogen-bond donors (Lipinski definition) is 7. The fraction of sp³-hybridized carbons (Fsp3) is 0.333. The summed E-state index contributed by atoms with van der Waals surface area (Å²) in [7, 11) is 0. The first-order valence-electron chi connectivity index (χ1n) is 11.2. The molecule has 39 heavy (non-hydrogen) atoms. The number of halogens is 2. The molecule has 8 N–H and O–H groups in total. The number of carboxylic acid groups (broad SMARTS) is 3. The van der Waals surface area contributed by atoms with Crippen LogP contribution in [0.3, 0.4) is 0 Å². The number of alkyl halides is 2. The van der Waals surface area contributed by atoms with Gasteiger partial charge in [0.2, 0.25) is 5.91 Å². The van der Waals surface area contributed by atoms with Crippen LogP contribution in [0.15, 0.2) is 36.4 Å². The van der Waals surface area contributed by atoms with E-state index in [0.29, 0.717) is 23.1 Å². The van der Waals surface area contributed by atoms with Crippen molar-refractivity contribution in [3.05, 3.63) is 51.7 Å². The Morgan fingerprint density at radius 1 is 1.00 bits per heavy atom. The third-order valence-corrected chi connectivity index (χ3v) is 6.23. The Labute approximate surface area is 225 Å². The van der Waals surface area contributed by atoms with E-state index in [-0.39, 0.29) is 18.2 Å². The molecule has 2 aromatic rings. The molecule has 0 aliphatic heterocycles. The van der Waals surface area contributed by atoms with Crippen molar-refractivity contribution in [2.24, 2.45) is 17.6 Å². The van der Waals surface area contributed by atoms with Crippen molar-refractivity contribution in [2.45, 2.75) is 39.2 Å². The van der Waals surface area contributed by atoms with Gasteiger partial charge in [0.05, 0.1) is 10.8 Å². The molecule has 3 atom stereocenters. The highest BCUT2D eigenvalue weighted by molar-refractivity contribution is 7.14. The van der Waals surface area contributed by atoms with E-state index in [9.17, 15) is 37.9 Å². The molecule has 1 aromatic heterocycles. The molecule has 2 rings (SSSR count). The molecular weight excluding hydrogens is 542 g/mol. The van der Waals surface area contributed by atoms with Crippen LogP contribution in [0, 0.1) is 17.2 Å². The van der Waals surface area contributed by atoms with Gasteiger partial charge in [-0.3, -0.25) is 19.8 Å². The Balaban J connectivity index is 0.000000956. The van der Waals surface area contributed by atoms with Crippen LogP contribution in [-0.2, 0) is 25.6 Å². The lowest BCUT2D eigenvalue weighted by atomic mass is 10.00. The van der Waals surface area contributed by atoms with Crippen molar-refractivity contribution in [3.8, 4) is 0 Å². The summed E-state index contributed by atoms with van der Waals surface area (Å²) in [6.07, 6.45) is 0.255. The number of rotatable bonds is 11. The minimum absolute atomic E-state index is 0.0731. The highest BCUT2D eigenvalue weighted by Gasteiger charge is 2.33. The molecule has 0 fully saturated rings. The van der Waals surface area contributed by atoms with Crippen molar-refractivity contribution < 1.29 is 48.1 Å². The number of aliphatic carboxylic acids is 3. The van der Waals surface area contributed by atoms with Crippen molar-refractivity contribution in [3.63, 3.8) is 0 Å². The van der Waals surface area contributed by atoms with Crippen LogP contribution in [0.1, 0.15) is 40.9 Å². The Morgan fingerprint density at radius 3 is 1.97 bits per heavy atom. The van der Waals surface area contributed by atoms with E-state index in [1.807, 2.05) is 0 Å². The van der Waals surface area contributed by atoms with E-state index >= 15 is 0 Å². The number of carbonyl (C=O) groups excluding carboxylic acids is 2. The van der Waals surface area contributed by atoms with Crippen LogP contribution >= 0.6 is 11.3 Å². The summed E-state index contributed by atoms with van der Waals surface area (Å²) in [5, 5.41) is 38.1. The van der Waals surface area contributed by atoms with Gasteiger partial charge < -0.3 is 31.7 Å². The number of amides is 2. The smallest absolute Gasteiger partial charge is 0.374 e. The van der Waals surface area contributed by atoms with Crippen molar-refractivity contribution in [2.75, 3.05) is 5.32 Å². The maximum Gasteiger partial charge on any atom is 0.374 e. The number of thiophene rings is 1. The topological polar surface area (TPSA) is 220 Å². The van der Waals surface area contributed by atoms with E-state index in [1.165, 1.54) is 18.3 Å². The first-order valence-corrected chi connectivity index (χ1v) is 12.0. The molecule has 212 valence electrons. The molecule has 3 unspecified atom stereocenters. The lowest BCUT2D eigenvalue weighted by molar-refractivity contribution is -0.162. The zero-order chi connectivity index (χ0) is 30.1. The predicted octanol–water partition coefficient (Wildman–Crippen LogP) is 2.48. The van der Waals surface area contributed by atoms with Crippen LogP contribution in [0.25, 0.3) is 0 Å². The minimum atomic E-state index is -3.58. The van der Waals surface area contributed by atoms with E-state index in [1.54, 1.807) is 43.3 Å². The molecule has 12 nitrogen and oxygen atoms in total. The number of amidine groups is 1. The predicted molar refractivity (Wildman–Crippen MR) is 137 cm³/mol. The van der Waals surface area contributed by atoms with Gasteiger partial charge in [0.15, 0.2) is 0 Å². The van der Waals surface area contributed by atoms with E-state index in [2.05, 4.69) is 10.6 Å². The molecule has 0 radical (unpaired) electrons. The van der Waals surface area contributed by atoms with Gasteiger partial charge in [-0.15, -0.1) is 11.3 Å². The maximum atomic E-state index is 12.5. The molecule has 0 saturated carbocycles. The Morgan fingerprint density at radius 2 is 1.54 bits per heavy atom. The second-order valence-electron chi connectivity index (χ2n) is 8.46. The summed E-state index contributed by atoms with van der Waals surface area (Å²) in [6, 6.07) is 8.29. The highest BCUT2D eigenvalue weighted by atomic mass is 32.1. The van der Waals surface area contributed by atoms with Gasteiger partial charge in [0.1, 0.15) is 11.9 Å². The number of nitrogen functional groups attached to an aromatic ring is 1. The van der Waals surface area contributed by atoms with Gasteiger partial charge in [-0.05, 0) is 49.7 Å². The second-order valence-corrected chi connectivity index (χ2v) is 9.63. The van der Waals surface area contributed by atoms with Crippen molar-refractivity contribution in [1.82, 2.24) is 5.32 Å². The molecule has 0 bridgehead atoms. The number of hydrogen-bond acceptors (Lipinski definition) is 7. The summed E-state index contributed by atoms with van der Waals surface area (Å²) in [5.74, 6) is -11.3. The molecule has 1 aromatic carbocycles. The molecule has 2 amide bonds. The van der Waals surface area contributed by atoms with Gasteiger partial charge in [-0.1, -0.05) is 6.92 Å². The SMILES string of the molecule is CC(Cc1ccc(C(=O)Nc2ccc(C(=N)N)cc2)s1)C(=O)NC(C(=O)O)C(C)C(=O)O.CC(F)(F)C(=O)O. The lowest BCUT2D eigenvalue weighted by Crippen LogP contribution is -2.49. The highest BCUT2D eigenvalue weighted by Crippen LogP contribution is 2.22. The number of nitrogens with one attached hydrogen (secondary N) is 3. The van der Waals surface area contributed by atoms with Crippen LogP contribution in [0.5, 0.6) is 0 Å². The number of nitrogens with two attached hydrogens (primary N) is 1. The molecule has 0 saturated heterocycles. The van der Waals surface area contributed by atoms with Gasteiger partial charge in [-0.2, -0.15) is 8.78 Å². The summed E-state index contributed by atoms with van der Waals surface area (Å²) in [6.45, 7) is 3.13. The van der Waals surface area contributed by atoms with E-state index < -0.39 is 47.6 Å². The second kappa shape index (κ2) is 13.9. The van der Waals surface area contributed by atoms with Crippen LogP contribution in [-0.4, -0.2) is 62.8 Å². The van der Waals surface area contributed by atoms with Gasteiger partial charge in [0.25, 0.3) is 5.91 Å². The first-order chi connectivity index (χ1) is 17.9. The Bertz CT molecular complexity index is 1230. The molecule has 0 aliphatic carbocycles. The maximum absolute atomic E-state index is 12.5. The Hall–Kier alpha value is -4.40. The quantitative estimate of drug-likeness (QED) is 0.156. The molecular formula is C24H28F2N4O8S. The van der Waals surface area contributed by atoms with Gasteiger partial charge >= 0.3 is 23.8 Å². The zero-order valence-corrected chi connectivity index (χ0v) is 21.8. The monoisotopic (exact) mass is 570 g/mol. The van der Waals surface area contributed by atoms with Crippen LogP contribution in [0.2, 0.25) is 0 Å². The van der Waals surface area contributed by atoms with Crippen LogP contribution in [0.4, 0.5) is 14.5 Å². The van der Waals surface area contributed by atoms with Crippen LogP contribution < -0.4 is 16.4 Å². The summed E-state index contributed by atoms with van der Waals surface area (Å²) in [4.78, 5) is 57.6. The zero-order valence-electron chi connectivity index (χ0n) is 21.0. The fourth-order valence-corrected chi connectivity index (χ4v) is 3.80. The largest absolute Gasteiger partial charge is 0.481 e. The average molecular weight is 571 g/mol. The molecule has 15 heteroatoms. The fourth-order valence-electron chi connectivity index (χ4n) is 2.77. The van der Waals surface area contributed by atoms with E-state index in [0.717, 1.165) is 4.88 Å². The van der Waals surface area contributed by atoms with Gasteiger partial charge in [-0.25, -0.2) is 9.59 Å². The lowest BCUT2D eigenvalue weighted by Gasteiger charge is -2.20. The summed E-state index contributed by atoms with van der Waals surface area (Å²) >= 11 is 1.19.